The summed E-state index contributed by atoms with van der Waals surface area (Å²) in [7, 11) is 0. The van der Waals surface area contributed by atoms with E-state index in [2.05, 4.69) is 6.07 Å². The number of aryl methyl sites for hydroxylation is 3. The summed E-state index contributed by atoms with van der Waals surface area (Å²) in [4.78, 5) is 12.5. The summed E-state index contributed by atoms with van der Waals surface area (Å²) in [5.41, 5.74) is 11.7. The Morgan fingerprint density at radius 1 is 1.00 bits per heavy atom. The predicted octanol–water partition coefficient (Wildman–Crippen LogP) is 3.30. The highest BCUT2D eigenvalue weighted by molar-refractivity contribution is 6.09. The van der Waals surface area contributed by atoms with Crippen molar-refractivity contribution in [3.63, 3.8) is 0 Å². The van der Waals surface area contributed by atoms with E-state index < -0.39 is 0 Å². The van der Waals surface area contributed by atoms with E-state index in [9.17, 15) is 4.79 Å². The molecule has 0 atom stereocenters. The molecule has 1 aliphatic carbocycles. The first kappa shape index (κ1) is 12.0. The summed E-state index contributed by atoms with van der Waals surface area (Å²) < 4.78 is 0. The van der Waals surface area contributed by atoms with Gasteiger partial charge < -0.3 is 5.73 Å². The van der Waals surface area contributed by atoms with E-state index >= 15 is 0 Å². The quantitative estimate of drug-likeness (QED) is 0.657. The molecule has 2 aromatic carbocycles. The van der Waals surface area contributed by atoms with E-state index in [1.165, 1.54) is 17.5 Å². The first-order valence-electron chi connectivity index (χ1n) is 6.68. The van der Waals surface area contributed by atoms with E-state index in [0.717, 1.165) is 24.0 Å². The molecule has 0 aliphatic heterocycles. The van der Waals surface area contributed by atoms with Gasteiger partial charge in [-0.15, -0.1) is 0 Å². The summed E-state index contributed by atoms with van der Waals surface area (Å²) in [5, 5.41) is 0. The number of nitrogens with two attached hydrogens (primary N) is 1. The number of hydrogen-bond donors (Lipinski definition) is 1. The number of rotatable bonds is 2. The number of hydrogen-bond acceptors (Lipinski definition) is 2. The average molecular weight is 251 g/mol. The second-order valence-electron chi connectivity index (χ2n) is 5.24. The van der Waals surface area contributed by atoms with Gasteiger partial charge in [-0.1, -0.05) is 24.3 Å². The number of fused-ring (bicyclic) bond motifs is 1. The van der Waals surface area contributed by atoms with Gasteiger partial charge in [-0.25, -0.2) is 0 Å². The fourth-order valence-corrected chi connectivity index (χ4v) is 2.66. The van der Waals surface area contributed by atoms with Crippen molar-refractivity contribution in [1.82, 2.24) is 0 Å². The molecule has 0 saturated heterocycles. The van der Waals surface area contributed by atoms with Gasteiger partial charge in [0.15, 0.2) is 5.78 Å². The van der Waals surface area contributed by atoms with Crippen LogP contribution >= 0.6 is 0 Å². The Labute approximate surface area is 113 Å². The average Bonchev–Trinajstić information content (AvgIpc) is 2.88. The summed E-state index contributed by atoms with van der Waals surface area (Å²) in [5.74, 6) is 0.0569. The first-order valence-corrected chi connectivity index (χ1v) is 6.68. The largest absolute Gasteiger partial charge is 0.398 e. The van der Waals surface area contributed by atoms with Crippen molar-refractivity contribution < 1.29 is 4.79 Å². The lowest BCUT2D eigenvalue weighted by atomic mass is 9.98. The third-order valence-corrected chi connectivity index (χ3v) is 3.90. The third kappa shape index (κ3) is 2.14. The van der Waals surface area contributed by atoms with Crippen LogP contribution in [0.1, 0.15) is 39.0 Å². The van der Waals surface area contributed by atoms with Crippen LogP contribution in [0.4, 0.5) is 5.69 Å². The maximum atomic E-state index is 12.5. The molecule has 0 bridgehead atoms. The lowest BCUT2D eigenvalue weighted by Crippen LogP contribution is -2.03. The van der Waals surface area contributed by atoms with Crippen molar-refractivity contribution in [2.45, 2.75) is 26.2 Å². The molecule has 0 radical (unpaired) electrons. The van der Waals surface area contributed by atoms with Crippen LogP contribution in [-0.2, 0) is 12.8 Å². The van der Waals surface area contributed by atoms with Crippen LogP contribution in [0.15, 0.2) is 36.4 Å². The normalized spacial score (nSPS) is 13.3. The molecule has 2 heteroatoms. The van der Waals surface area contributed by atoms with E-state index in [1.807, 2.05) is 31.2 Å². The number of ketones is 1. The molecule has 0 amide bonds. The highest BCUT2D eigenvalue weighted by Gasteiger charge is 2.15. The maximum Gasteiger partial charge on any atom is 0.193 e. The van der Waals surface area contributed by atoms with Gasteiger partial charge in [0.25, 0.3) is 0 Å². The molecule has 2 aromatic rings. The molecule has 3 rings (SSSR count). The van der Waals surface area contributed by atoms with Crippen LogP contribution in [0.5, 0.6) is 0 Å². The molecule has 2 N–H and O–H groups in total. The minimum Gasteiger partial charge on any atom is -0.398 e. The molecule has 0 spiro atoms. The van der Waals surface area contributed by atoms with E-state index in [1.54, 1.807) is 6.07 Å². The van der Waals surface area contributed by atoms with Crippen molar-refractivity contribution >= 4 is 11.5 Å². The topological polar surface area (TPSA) is 43.1 Å². The van der Waals surface area contributed by atoms with E-state index in [4.69, 9.17) is 5.73 Å². The lowest BCUT2D eigenvalue weighted by Gasteiger charge is -2.06. The SMILES string of the molecule is Cc1ccc(C(=O)c2ccc3c(c2)CCC3)cc1N. The Morgan fingerprint density at radius 2 is 1.68 bits per heavy atom. The van der Waals surface area contributed by atoms with Crippen LogP contribution in [0, 0.1) is 6.92 Å². The van der Waals surface area contributed by atoms with Gasteiger partial charge in [-0.3, -0.25) is 4.79 Å². The first-order chi connectivity index (χ1) is 9.15. The van der Waals surface area contributed by atoms with Crippen molar-refractivity contribution in [1.29, 1.82) is 0 Å². The fraction of sp³-hybridized carbons (Fsp3) is 0.235. The van der Waals surface area contributed by atoms with Crippen LogP contribution < -0.4 is 5.73 Å². The zero-order chi connectivity index (χ0) is 13.4. The van der Waals surface area contributed by atoms with Gasteiger partial charge in [0.1, 0.15) is 0 Å². The van der Waals surface area contributed by atoms with Crippen LogP contribution in [-0.4, -0.2) is 5.78 Å². The van der Waals surface area contributed by atoms with Crippen molar-refractivity contribution in [2.24, 2.45) is 0 Å². The summed E-state index contributed by atoms with van der Waals surface area (Å²) >= 11 is 0. The second-order valence-corrected chi connectivity index (χ2v) is 5.24. The number of carbonyl (C=O) groups excluding carboxylic acids is 1. The number of anilines is 1. The predicted molar refractivity (Wildman–Crippen MR) is 77.5 cm³/mol. The Kier molecular flexibility index (Phi) is 2.86. The molecule has 0 fully saturated rings. The summed E-state index contributed by atoms with van der Waals surface area (Å²) in [6.07, 6.45) is 3.43. The van der Waals surface area contributed by atoms with Crippen LogP contribution in [0.25, 0.3) is 0 Å². The minimum atomic E-state index is 0.0569. The molecular weight excluding hydrogens is 234 g/mol. The number of benzene rings is 2. The smallest absolute Gasteiger partial charge is 0.193 e. The van der Waals surface area contributed by atoms with E-state index in [0.29, 0.717) is 11.3 Å². The molecule has 1 aliphatic rings. The fourth-order valence-electron chi connectivity index (χ4n) is 2.66. The zero-order valence-corrected chi connectivity index (χ0v) is 11.1. The molecule has 0 heterocycles. The van der Waals surface area contributed by atoms with Gasteiger partial charge in [0.05, 0.1) is 0 Å². The van der Waals surface area contributed by atoms with Gasteiger partial charge in [0.2, 0.25) is 0 Å². The Morgan fingerprint density at radius 3 is 2.47 bits per heavy atom. The second kappa shape index (κ2) is 4.54. The number of nitrogen functional groups attached to an aromatic ring is 1. The molecule has 0 saturated carbocycles. The standard InChI is InChI=1S/C17H17NO/c1-11-5-6-15(10-16(11)18)17(19)14-8-7-12-3-2-4-13(12)9-14/h5-10H,2-4,18H2,1H3. The Hall–Kier alpha value is -2.09. The molecule has 0 aromatic heterocycles. The highest BCUT2D eigenvalue weighted by atomic mass is 16.1. The Bertz CT molecular complexity index is 658. The molecule has 96 valence electrons. The van der Waals surface area contributed by atoms with E-state index in [-0.39, 0.29) is 5.78 Å². The molecule has 0 unspecified atom stereocenters. The summed E-state index contributed by atoms with van der Waals surface area (Å²) in [6, 6.07) is 11.6. The molecule has 2 nitrogen and oxygen atoms in total. The minimum absolute atomic E-state index is 0.0569. The lowest BCUT2D eigenvalue weighted by molar-refractivity contribution is 0.103. The Balaban J connectivity index is 1.97. The van der Waals surface area contributed by atoms with Crippen molar-refractivity contribution in [3.05, 3.63) is 64.2 Å². The van der Waals surface area contributed by atoms with Crippen molar-refractivity contribution in [2.75, 3.05) is 5.73 Å². The van der Waals surface area contributed by atoms with Gasteiger partial charge in [0, 0.05) is 16.8 Å². The monoisotopic (exact) mass is 251 g/mol. The summed E-state index contributed by atoms with van der Waals surface area (Å²) in [6.45, 7) is 1.94. The van der Waals surface area contributed by atoms with Crippen LogP contribution in [0.2, 0.25) is 0 Å². The maximum absolute atomic E-state index is 12.5. The van der Waals surface area contributed by atoms with Crippen molar-refractivity contribution in [3.8, 4) is 0 Å². The number of carbonyl (C=O) groups is 1. The van der Waals surface area contributed by atoms with Gasteiger partial charge >= 0.3 is 0 Å². The van der Waals surface area contributed by atoms with Crippen LogP contribution in [0.3, 0.4) is 0 Å². The molecule has 19 heavy (non-hydrogen) atoms. The highest BCUT2D eigenvalue weighted by Crippen LogP contribution is 2.24. The van der Waals surface area contributed by atoms with Gasteiger partial charge in [-0.2, -0.15) is 0 Å². The zero-order valence-electron chi connectivity index (χ0n) is 11.1. The molecular formula is C17H17NO. The van der Waals surface area contributed by atoms with Gasteiger partial charge in [-0.05, 0) is 55.0 Å². The third-order valence-electron chi connectivity index (χ3n) is 3.90.